The molecule has 10 heteroatoms. The summed E-state index contributed by atoms with van der Waals surface area (Å²) in [6, 6.07) is 8.92. The third-order valence-electron chi connectivity index (χ3n) is 10.1. The summed E-state index contributed by atoms with van der Waals surface area (Å²) in [4.78, 5) is 51.0. The van der Waals surface area contributed by atoms with Crippen LogP contribution in [0.1, 0.15) is 38.2 Å². The van der Waals surface area contributed by atoms with Crippen LogP contribution < -0.4 is 0 Å². The molecule has 10 nitrogen and oxygen atoms in total. The summed E-state index contributed by atoms with van der Waals surface area (Å²) in [5.41, 5.74) is -0.945. The maximum atomic E-state index is 14.6. The highest BCUT2D eigenvalue weighted by molar-refractivity contribution is 5.99. The van der Waals surface area contributed by atoms with Crippen LogP contribution in [-0.4, -0.2) is 125 Å². The van der Waals surface area contributed by atoms with E-state index < -0.39 is 29.1 Å². The van der Waals surface area contributed by atoms with Crippen molar-refractivity contribution in [3.8, 4) is 0 Å². The van der Waals surface area contributed by atoms with Crippen LogP contribution in [0.15, 0.2) is 55.6 Å². The molecule has 4 aliphatic heterocycles. The highest BCUT2D eigenvalue weighted by Gasteiger charge is 2.79. The van der Waals surface area contributed by atoms with Gasteiger partial charge in [-0.05, 0) is 31.2 Å². The van der Waals surface area contributed by atoms with Gasteiger partial charge in [0.05, 0.1) is 30.7 Å². The SMILES string of the molecule is C=CCN(CCN1CCOCC1)C(=O)C1N(CCCO)C(=O)[C@@H]2[C@H](C(=O)N(CC=C)Cc3ccccc3)[C@]3(CC)CCC12O3. The van der Waals surface area contributed by atoms with Crippen LogP contribution in [0.3, 0.4) is 0 Å². The Balaban J connectivity index is 1.48. The standard InChI is InChI=1S/C34H48N4O6/c1-4-15-36(19-18-35-20-23-43-24-21-35)32(42)29-34-14-13-33(6-3,44-34)27(28(34)31(41)38(29)17-10-22-39)30(40)37(16-5-2)25-26-11-8-7-9-12-26/h4-5,7-9,11-12,27-29,39H,1-2,6,10,13-25H2,3H3/t27-,28+,29?,33+,34?/m1/s1. The van der Waals surface area contributed by atoms with Gasteiger partial charge in [0.2, 0.25) is 17.7 Å². The predicted octanol–water partition coefficient (Wildman–Crippen LogP) is 2.09. The second-order valence-corrected chi connectivity index (χ2v) is 12.5. The predicted molar refractivity (Wildman–Crippen MR) is 166 cm³/mol. The molecule has 4 heterocycles. The van der Waals surface area contributed by atoms with E-state index in [-0.39, 0.29) is 30.9 Å². The zero-order valence-corrected chi connectivity index (χ0v) is 26.1. The second-order valence-electron chi connectivity index (χ2n) is 12.5. The van der Waals surface area contributed by atoms with E-state index in [1.165, 1.54) is 0 Å². The van der Waals surface area contributed by atoms with Crippen molar-refractivity contribution < 1.29 is 29.0 Å². The van der Waals surface area contributed by atoms with Crippen molar-refractivity contribution in [1.82, 2.24) is 19.6 Å². The Morgan fingerprint density at radius 1 is 1.05 bits per heavy atom. The van der Waals surface area contributed by atoms with E-state index in [4.69, 9.17) is 9.47 Å². The number of rotatable bonds is 15. The molecule has 5 rings (SSSR count). The number of carbonyl (C=O) groups excluding carboxylic acids is 3. The number of hydrogen-bond acceptors (Lipinski definition) is 7. The molecule has 2 bridgehead atoms. The molecule has 4 aliphatic rings. The molecule has 1 spiro atoms. The average Bonchev–Trinajstić information content (AvgIpc) is 3.65. The van der Waals surface area contributed by atoms with E-state index in [9.17, 15) is 19.5 Å². The Hall–Kier alpha value is -3.05. The van der Waals surface area contributed by atoms with Gasteiger partial charge in [-0.15, -0.1) is 13.2 Å². The quantitative estimate of drug-likeness (QED) is 0.304. The third kappa shape index (κ3) is 5.85. The first kappa shape index (κ1) is 32.3. The summed E-state index contributed by atoms with van der Waals surface area (Å²) in [5.74, 6) is -2.03. The molecule has 1 aromatic carbocycles. The average molecular weight is 609 g/mol. The first-order valence-electron chi connectivity index (χ1n) is 16.1. The van der Waals surface area contributed by atoms with Crippen molar-refractivity contribution in [1.29, 1.82) is 0 Å². The smallest absolute Gasteiger partial charge is 0.248 e. The van der Waals surface area contributed by atoms with Gasteiger partial charge in [0, 0.05) is 59.0 Å². The molecule has 1 N–H and O–H groups in total. The monoisotopic (exact) mass is 608 g/mol. The van der Waals surface area contributed by atoms with Crippen LogP contribution in [0.25, 0.3) is 0 Å². The molecular weight excluding hydrogens is 560 g/mol. The minimum atomic E-state index is -1.11. The fourth-order valence-electron chi connectivity index (χ4n) is 7.95. The number of aliphatic hydroxyl groups is 1. The zero-order valence-electron chi connectivity index (χ0n) is 26.1. The number of carbonyl (C=O) groups is 3. The molecule has 1 aromatic rings. The molecule has 240 valence electrons. The van der Waals surface area contributed by atoms with Crippen LogP contribution in [-0.2, 0) is 30.4 Å². The van der Waals surface area contributed by atoms with Crippen LogP contribution in [0, 0.1) is 11.8 Å². The number of fused-ring (bicyclic) bond motifs is 1. The highest BCUT2D eigenvalue weighted by Crippen LogP contribution is 2.64. The molecule has 44 heavy (non-hydrogen) atoms. The van der Waals surface area contributed by atoms with Gasteiger partial charge in [0.1, 0.15) is 11.6 Å². The fourth-order valence-corrected chi connectivity index (χ4v) is 7.95. The van der Waals surface area contributed by atoms with Gasteiger partial charge in [-0.25, -0.2) is 0 Å². The summed E-state index contributed by atoms with van der Waals surface area (Å²) < 4.78 is 12.5. The topological polar surface area (TPSA) is 103 Å². The van der Waals surface area contributed by atoms with E-state index in [0.717, 1.165) is 18.7 Å². The lowest BCUT2D eigenvalue weighted by Crippen LogP contribution is -2.57. The zero-order chi connectivity index (χ0) is 31.3. The van der Waals surface area contributed by atoms with Crippen molar-refractivity contribution in [2.75, 3.05) is 65.6 Å². The van der Waals surface area contributed by atoms with Crippen LogP contribution in [0.5, 0.6) is 0 Å². The summed E-state index contributed by atoms with van der Waals surface area (Å²) in [6.45, 7) is 15.1. The number of aliphatic hydroxyl groups excluding tert-OH is 1. The Labute approximate surface area is 261 Å². The fraction of sp³-hybridized carbons (Fsp3) is 0.618. The lowest BCUT2D eigenvalue weighted by atomic mass is 9.64. The summed E-state index contributed by atoms with van der Waals surface area (Å²) in [6.07, 6.45) is 5.45. The van der Waals surface area contributed by atoms with Gasteiger partial charge in [0.15, 0.2) is 0 Å². The van der Waals surface area contributed by atoms with Gasteiger partial charge in [-0.2, -0.15) is 0 Å². The molecule has 5 atom stereocenters. The number of hydrogen-bond donors (Lipinski definition) is 1. The van der Waals surface area contributed by atoms with E-state index in [2.05, 4.69) is 18.1 Å². The molecular formula is C34H48N4O6. The maximum absolute atomic E-state index is 14.6. The van der Waals surface area contributed by atoms with Crippen molar-refractivity contribution in [2.45, 2.75) is 56.4 Å². The largest absolute Gasteiger partial charge is 0.396 e. The van der Waals surface area contributed by atoms with Gasteiger partial charge in [-0.1, -0.05) is 49.4 Å². The number of benzene rings is 1. The Kier molecular flexibility index (Phi) is 10.2. The normalized spacial score (nSPS) is 29.5. The van der Waals surface area contributed by atoms with E-state index in [1.54, 1.807) is 26.9 Å². The van der Waals surface area contributed by atoms with E-state index >= 15 is 0 Å². The van der Waals surface area contributed by atoms with Crippen LogP contribution >= 0.6 is 0 Å². The van der Waals surface area contributed by atoms with Crippen molar-refractivity contribution in [3.05, 3.63) is 61.2 Å². The number of nitrogens with zero attached hydrogens (tertiary/aromatic N) is 4. The first-order valence-corrected chi connectivity index (χ1v) is 16.1. The molecule has 2 unspecified atom stereocenters. The Morgan fingerprint density at radius 3 is 2.41 bits per heavy atom. The number of amides is 3. The number of ether oxygens (including phenoxy) is 2. The first-order chi connectivity index (χ1) is 21.4. The number of morpholine rings is 1. The number of likely N-dealkylation sites (tertiary alicyclic amines) is 1. The van der Waals surface area contributed by atoms with Crippen molar-refractivity contribution in [3.63, 3.8) is 0 Å². The second kappa shape index (κ2) is 13.9. The van der Waals surface area contributed by atoms with Gasteiger partial charge in [0.25, 0.3) is 0 Å². The molecule has 3 amide bonds. The minimum Gasteiger partial charge on any atom is -0.396 e. The molecule has 0 saturated carbocycles. The van der Waals surface area contributed by atoms with Crippen molar-refractivity contribution in [2.24, 2.45) is 11.8 Å². The molecule has 0 radical (unpaired) electrons. The van der Waals surface area contributed by atoms with Crippen LogP contribution in [0.4, 0.5) is 0 Å². The highest BCUT2D eigenvalue weighted by atomic mass is 16.5. The van der Waals surface area contributed by atoms with Gasteiger partial charge >= 0.3 is 0 Å². The van der Waals surface area contributed by atoms with Gasteiger partial charge < -0.3 is 29.3 Å². The molecule has 4 fully saturated rings. The summed E-state index contributed by atoms with van der Waals surface area (Å²) in [5, 5.41) is 9.72. The molecule has 0 aromatic heterocycles. The summed E-state index contributed by atoms with van der Waals surface area (Å²) in [7, 11) is 0. The Bertz CT molecular complexity index is 1210. The lowest BCUT2D eigenvalue weighted by Gasteiger charge is -2.37. The van der Waals surface area contributed by atoms with Crippen LogP contribution in [0.2, 0.25) is 0 Å². The lowest BCUT2D eigenvalue weighted by molar-refractivity contribution is -0.155. The summed E-state index contributed by atoms with van der Waals surface area (Å²) >= 11 is 0. The van der Waals surface area contributed by atoms with E-state index in [1.807, 2.05) is 37.3 Å². The third-order valence-corrected chi connectivity index (χ3v) is 10.1. The van der Waals surface area contributed by atoms with E-state index in [0.29, 0.717) is 71.6 Å². The Morgan fingerprint density at radius 2 is 1.75 bits per heavy atom. The molecule has 4 saturated heterocycles. The molecule has 0 aliphatic carbocycles. The minimum absolute atomic E-state index is 0.109. The van der Waals surface area contributed by atoms with Crippen molar-refractivity contribution >= 4 is 17.7 Å². The maximum Gasteiger partial charge on any atom is 0.248 e. The van der Waals surface area contributed by atoms with Gasteiger partial charge in [-0.3, -0.25) is 19.3 Å².